The molecule has 78 valence electrons. The summed E-state index contributed by atoms with van der Waals surface area (Å²) in [5, 5.41) is 4.07. The van der Waals surface area contributed by atoms with Crippen LogP contribution in [0.4, 0.5) is 0 Å². The van der Waals surface area contributed by atoms with E-state index in [-0.39, 0.29) is 0 Å². The van der Waals surface area contributed by atoms with Gasteiger partial charge in [0.25, 0.3) is 0 Å². The minimum atomic E-state index is 0.965. The van der Waals surface area contributed by atoms with Crippen LogP contribution in [-0.4, -0.2) is 14.8 Å². The number of hydrogen-bond donors (Lipinski definition) is 0. The molecule has 2 aromatic rings. The van der Waals surface area contributed by atoms with Gasteiger partial charge in [0, 0.05) is 6.54 Å². The summed E-state index contributed by atoms with van der Waals surface area (Å²) in [4.78, 5) is 3.91. The van der Waals surface area contributed by atoms with Crippen LogP contribution in [0.1, 0.15) is 18.4 Å². The minimum absolute atomic E-state index is 0.965. The van der Waals surface area contributed by atoms with Gasteiger partial charge in [-0.25, -0.2) is 4.98 Å². The van der Waals surface area contributed by atoms with Gasteiger partial charge in [-0.1, -0.05) is 30.3 Å². The summed E-state index contributed by atoms with van der Waals surface area (Å²) >= 11 is 0. The molecule has 15 heavy (non-hydrogen) atoms. The lowest BCUT2D eigenvalue weighted by Gasteiger charge is -2.01. The lowest BCUT2D eigenvalue weighted by molar-refractivity contribution is 0.556. The highest BCUT2D eigenvalue weighted by molar-refractivity contribution is 5.14. The van der Waals surface area contributed by atoms with Crippen molar-refractivity contribution in [3.8, 4) is 0 Å². The van der Waals surface area contributed by atoms with Crippen molar-refractivity contribution in [2.45, 2.75) is 25.8 Å². The molecule has 0 bridgehead atoms. The van der Waals surface area contributed by atoms with Gasteiger partial charge >= 0.3 is 0 Å². The Morgan fingerprint density at radius 2 is 1.93 bits per heavy atom. The average Bonchev–Trinajstić information content (AvgIpc) is 2.79. The van der Waals surface area contributed by atoms with Crippen LogP contribution >= 0.6 is 0 Å². The van der Waals surface area contributed by atoms with Crippen molar-refractivity contribution in [2.24, 2.45) is 0 Å². The summed E-state index contributed by atoms with van der Waals surface area (Å²) in [7, 11) is 0. The number of aromatic nitrogens is 3. The molecule has 0 saturated carbocycles. The van der Waals surface area contributed by atoms with E-state index in [9.17, 15) is 0 Å². The molecule has 1 heterocycles. The molecule has 0 aliphatic heterocycles. The van der Waals surface area contributed by atoms with Gasteiger partial charge in [0.2, 0.25) is 0 Å². The third kappa shape index (κ3) is 3.20. The molecule has 3 nitrogen and oxygen atoms in total. The van der Waals surface area contributed by atoms with Crippen LogP contribution < -0.4 is 0 Å². The fourth-order valence-electron chi connectivity index (χ4n) is 1.60. The summed E-state index contributed by atoms with van der Waals surface area (Å²) in [6.45, 7) is 0.965. The Balaban J connectivity index is 1.68. The molecular formula is C12H15N3. The van der Waals surface area contributed by atoms with Crippen LogP contribution in [0, 0.1) is 0 Å². The molecule has 0 N–H and O–H groups in total. The molecule has 1 aromatic carbocycles. The van der Waals surface area contributed by atoms with Gasteiger partial charge in [-0.15, -0.1) is 0 Å². The first kappa shape index (κ1) is 9.90. The highest BCUT2D eigenvalue weighted by Crippen LogP contribution is 2.04. The first-order valence-electron chi connectivity index (χ1n) is 5.31. The molecule has 0 fully saturated rings. The van der Waals surface area contributed by atoms with Gasteiger partial charge in [-0.05, 0) is 24.8 Å². The van der Waals surface area contributed by atoms with Crippen LogP contribution in [-0.2, 0) is 13.0 Å². The highest BCUT2D eigenvalue weighted by atomic mass is 15.3. The Morgan fingerprint density at radius 3 is 2.67 bits per heavy atom. The monoisotopic (exact) mass is 201 g/mol. The summed E-state index contributed by atoms with van der Waals surface area (Å²) in [5.41, 5.74) is 1.41. The van der Waals surface area contributed by atoms with Crippen LogP contribution in [0.2, 0.25) is 0 Å². The number of benzene rings is 1. The van der Waals surface area contributed by atoms with Gasteiger partial charge in [-0.3, -0.25) is 4.68 Å². The molecular weight excluding hydrogens is 186 g/mol. The van der Waals surface area contributed by atoms with Crippen molar-refractivity contribution in [1.82, 2.24) is 14.8 Å². The molecule has 0 atom stereocenters. The van der Waals surface area contributed by atoms with Crippen LogP contribution in [0.5, 0.6) is 0 Å². The average molecular weight is 201 g/mol. The quantitative estimate of drug-likeness (QED) is 0.695. The Labute approximate surface area is 89.8 Å². The molecule has 0 amide bonds. The number of hydrogen-bond acceptors (Lipinski definition) is 2. The molecule has 0 radical (unpaired) electrons. The lowest BCUT2D eigenvalue weighted by Crippen LogP contribution is -1.98. The van der Waals surface area contributed by atoms with Crippen molar-refractivity contribution in [1.29, 1.82) is 0 Å². The maximum Gasteiger partial charge on any atom is 0.137 e. The molecule has 3 heteroatoms. The second kappa shape index (κ2) is 5.29. The largest absolute Gasteiger partial charge is 0.253 e. The van der Waals surface area contributed by atoms with Gasteiger partial charge < -0.3 is 0 Å². The van der Waals surface area contributed by atoms with Crippen LogP contribution in [0.25, 0.3) is 0 Å². The third-order valence-electron chi connectivity index (χ3n) is 2.41. The first-order chi connectivity index (χ1) is 7.45. The second-order valence-electron chi connectivity index (χ2n) is 3.60. The van der Waals surface area contributed by atoms with E-state index in [2.05, 4.69) is 40.4 Å². The number of unbranched alkanes of at least 4 members (excludes halogenated alkanes) is 1. The van der Waals surface area contributed by atoms with E-state index in [0.29, 0.717) is 0 Å². The fraction of sp³-hybridized carbons (Fsp3) is 0.333. The minimum Gasteiger partial charge on any atom is -0.253 e. The molecule has 0 saturated heterocycles. The normalized spacial score (nSPS) is 10.4. The van der Waals surface area contributed by atoms with Crippen molar-refractivity contribution in [2.75, 3.05) is 0 Å². The predicted molar refractivity (Wildman–Crippen MR) is 59.4 cm³/mol. The van der Waals surface area contributed by atoms with E-state index in [1.807, 2.05) is 4.68 Å². The zero-order valence-electron chi connectivity index (χ0n) is 8.71. The van der Waals surface area contributed by atoms with Gasteiger partial charge in [0.1, 0.15) is 12.7 Å². The van der Waals surface area contributed by atoms with E-state index in [1.54, 1.807) is 12.7 Å². The van der Waals surface area contributed by atoms with Crippen molar-refractivity contribution < 1.29 is 0 Å². The summed E-state index contributed by atoms with van der Waals surface area (Å²) in [6.07, 6.45) is 6.84. The second-order valence-corrected chi connectivity index (χ2v) is 3.60. The van der Waals surface area contributed by atoms with Gasteiger partial charge in [0.15, 0.2) is 0 Å². The Kier molecular flexibility index (Phi) is 3.49. The van der Waals surface area contributed by atoms with Crippen molar-refractivity contribution in [3.05, 3.63) is 48.5 Å². The molecule has 0 aliphatic rings. The Hall–Kier alpha value is -1.64. The maximum atomic E-state index is 4.07. The topological polar surface area (TPSA) is 30.7 Å². The molecule has 1 aromatic heterocycles. The number of aryl methyl sites for hydroxylation is 2. The number of nitrogens with zero attached hydrogens (tertiary/aromatic N) is 3. The standard InChI is InChI=1S/C12H15N3/c1-2-6-12(7-3-1)8-4-5-9-15-11-13-10-14-15/h1-3,6-7,10-11H,4-5,8-9H2. The lowest BCUT2D eigenvalue weighted by atomic mass is 10.1. The maximum absolute atomic E-state index is 4.07. The molecule has 0 spiro atoms. The van der Waals surface area contributed by atoms with Crippen molar-refractivity contribution in [3.63, 3.8) is 0 Å². The molecule has 0 aliphatic carbocycles. The number of rotatable bonds is 5. The first-order valence-corrected chi connectivity index (χ1v) is 5.31. The molecule has 0 unspecified atom stereocenters. The summed E-state index contributed by atoms with van der Waals surface area (Å²) in [6, 6.07) is 10.6. The fourth-order valence-corrected chi connectivity index (χ4v) is 1.60. The van der Waals surface area contributed by atoms with E-state index in [0.717, 1.165) is 19.4 Å². The smallest absolute Gasteiger partial charge is 0.137 e. The SMILES string of the molecule is c1ccc(CCCCn2cncn2)cc1. The van der Waals surface area contributed by atoms with Crippen LogP contribution in [0.15, 0.2) is 43.0 Å². The zero-order valence-corrected chi connectivity index (χ0v) is 8.71. The third-order valence-corrected chi connectivity index (χ3v) is 2.41. The zero-order chi connectivity index (χ0) is 10.3. The molecule has 2 rings (SSSR count). The van der Waals surface area contributed by atoms with E-state index >= 15 is 0 Å². The van der Waals surface area contributed by atoms with E-state index in [1.165, 1.54) is 12.0 Å². The van der Waals surface area contributed by atoms with Crippen LogP contribution in [0.3, 0.4) is 0 Å². The van der Waals surface area contributed by atoms with Gasteiger partial charge in [-0.2, -0.15) is 5.10 Å². The Morgan fingerprint density at radius 1 is 1.07 bits per heavy atom. The van der Waals surface area contributed by atoms with E-state index < -0.39 is 0 Å². The van der Waals surface area contributed by atoms with Gasteiger partial charge in [0.05, 0.1) is 0 Å². The van der Waals surface area contributed by atoms with Crippen molar-refractivity contribution >= 4 is 0 Å². The highest BCUT2D eigenvalue weighted by Gasteiger charge is 1.94. The summed E-state index contributed by atoms with van der Waals surface area (Å²) < 4.78 is 1.88. The predicted octanol–water partition coefficient (Wildman–Crippen LogP) is 2.30. The van der Waals surface area contributed by atoms with E-state index in [4.69, 9.17) is 0 Å². The Bertz CT molecular complexity index is 367. The summed E-state index contributed by atoms with van der Waals surface area (Å²) in [5.74, 6) is 0.